The number of nitrogens with one attached hydrogen (secondary N) is 1. The number of alkyl halides is 3. The molecule has 0 atom stereocenters. The molecule has 2 heterocycles. The zero-order valence-electron chi connectivity index (χ0n) is 10.9. The standard InChI is InChI=1S/C13H17F3N2O2/c14-13(15,16)11-2-1-3-12(19)18(11)7-6-17-10-4-8-20-9-5-10/h1-3,10,17H,4-9H2. The molecule has 2 rings (SSSR count). The van der Waals surface area contributed by atoms with Gasteiger partial charge in [-0.15, -0.1) is 0 Å². The van der Waals surface area contributed by atoms with Gasteiger partial charge in [0.05, 0.1) is 0 Å². The zero-order chi connectivity index (χ0) is 14.6. The van der Waals surface area contributed by atoms with Gasteiger partial charge < -0.3 is 14.6 Å². The summed E-state index contributed by atoms with van der Waals surface area (Å²) in [5.41, 5.74) is -1.53. The van der Waals surface area contributed by atoms with Crippen LogP contribution in [0.5, 0.6) is 0 Å². The Labute approximate surface area is 114 Å². The van der Waals surface area contributed by atoms with E-state index in [0.717, 1.165) is 35.6 Å². The molecule has 1 aliphatic rings. The Balaban J connectivity index is 2.00. The first-order valence-electron chi connectivity index (χ1n) is 6.56. The molecule has 1 N–H and O–H groups in total. The number of nitrogens with zero attached hydrogens (tertiary/aromatic N) is 1. The molecule has 1 aliphatic heterocycles. The van der Waals surface area contributed by atoms with Crippen LogP contribution in [0.1, 0.15) is 18.5 Å². The van der Waals surface area contributed by atoms with Crippen molar-refractivity contribution in [1.82, 2.24) is 9.88 Å². The molecule has 1 aromatic rings. The summed E-state index contributed by atoms with van der Waals surface area (Å²) in [6.07, 6.45) is -2.83. The van der Waals surface area contributed by atoms with E-state index in [4.69, 9.17) is 4.74 Å². The second-order valence-corrected chi connectivity index (χ2v) is 4.74. The van der Waals surface area contributed by atoms with Crippen LogP contribution in [0.25, 0.3) is 0 Å². The van der Waals surface area contributed by atoms with Gasteiger partial charge in [-0.2, -0.15) is 13.2 Å². The van der Waals surface area contributed by atoms with Crippen molar-refractivity contribution in [3.63, 3.8) is 0 Å². The fourth-order valence-corrected chi connectivity index (χ4v) is 2.28. The van der Waals surface area contributed by atoms with Crippen molar-refractivity contribution in [2.45, 2.75) is 31.6 Å². The summed E-state index contributed by atoms with van der Waals surface area (Å²) in [7, 11) is 0. The predicted octanol–water partition coefficient (Wildman–Crippen LogP) is 1.64. The summed E-state index contributed by atoms with van der Waals surface area (Å²) in [6.45, 7) is 1.66. The highest BCUT2D eigenvalue weighted by Gasteiger charge is 2.34. The number of hydrogen-bond acceptors (Lipinski definition) is 3. The lowest BCUT2D eigenvalue weighted by molar-refractivity contribution is -0.144. The molecule has 1 saturated heterocycles. The molecule has 0 spiro atoms. The Bertz CT molecular complexity index is 493. The zero-order valence-corrected chi connectivity index (χ0v) is 10.9. The van der Waals surface area contributed by atoms with Crippen molar-refractivity contribution in [1.29, 1.82) is 0 Å². The van der Waals surface area contributed by atoms with E-state index in [1.165, 1.54) is 0 Å². The molecule has 0 saturated carbocycles. The van der Waals surface area contributed by atoms with Crippen molar-refractivity contribution in [3.8, 4) is 0 Å². The molecular weight excluding hydrogens is 273 g/mol. The van der Waals surface area contributed by atoms with Crippen molar-refractivity contribution < 1.29 is 17.9 Å². The summed E-state index contributed by atoms with van der Waals surface area (Å²) in [5.74, 6) is 0. The Morgan fingerprint density at radius 3 is 2.65 bits per heavy atom. The molecule has 1 aromatic heterocycles. The molecule has 0 unspecified atom stereocenters. The second-order valence-electron chi connectivity index (χ2n) is 4.74. The van der Waals surface area contributed by atoms with Gasteiger partial charge in [-0.25, -0.2) is 0 Å². The Kier molecular flexibility index (Phi) is 4.82. The van der Waals surface area contributed by atoms with Gasteiger partial charge in [0, 0.05) is 38.4 Å². The quantitative estimate of drug-likeness (QED) is 0.916. The van der Waals surface area contributed by atoms with E-state index in [2.05, 4.69) is 5.32 Å². The minimum Gasteiger partial charge on any atom is -0.381 e. The highest BCUT2D eigenvalue weighted by molar-refractivity contribution is 5.10. The van der Waals surface area contributed by atoms with E-state index in [0.29, 0.717) is 19.8 Å². The van der Waals surface area contributed by atoms with Crippen LogP contribution in [0.15, 0.2) is 23.0 Å². The minimum absolute atomic E-state index is 0.00583. The van der Waals surface area contributed by atoms with Crippen LogP contribution < -0.4 is 10.9 Å². The van der Waals surface area contributed by atoms with E-state index in [-0.39, 0.29) is 12.6 Å². The van der Waals surface area contributed by atoms with Crippen molar-refractivity contribution >= 4 is 0 Å². The smallest absolute Gasteiger partial charge is 0.381 e. The average molecular weight is 290 g/mol. The lowest BCUT2D eigenvalue weighted by atomic mass is 10.1. The third-order valence-corrected chi connectivity index (χ3v) is 3.33. The number of pyridine rings is 1. The summed E-state index contributed by atoms with van der Waals surface area (Å²) in [6, 6.07) is 3.45. The monoisotopic (exact) mass is 290 g/mol. The van der Waals surface area contributed by atoms with Crippen LogP contribution in [0.3, 0.4) is 0 Å². The van der Waals surface area contributed by atoms with Gasteiger partial charge in [0.1, 0.15) is 5.69 Å². The highest BCUT2D eigenvalue weighted by Crippen LogP contribution is 2.27. The number of halogens is 3. The van der Waals surface area contributed by atoms with Crippen LogP contribution in [-0.2, 0) is 17.5 Å². The van der Waals surface area contributed by atoms with Crippen LogP contribution in [0.2, 0.25) is 0 Å². The normalized spacial score (nSPS) is 17.4. The number of rotatable bonds is 4. The number of ether oxygens (including phenoxy) is 1. The molecule has 0 radical (unpaired) electrons. The largest absolute Gasteiger partial charge is 0.431 e. The molecular formula is C13H17F3N2O2. The van der Waals surface area contributed by atoms with Crippen molar-refractivity contribution in [2.24, 2.45) is 0 Å². The SMILES string of the molecule is O=c1cccc(C(F)(F)F)n1CCNC1CCOCC1. The van der Waals surface area contributed by atoms with Crippen molar-refractivity contribution in [2.75, 3.05) is 19.8 Å². The van der Waals surface area contributed by atoms with E-state index >= 15 is 0 Å². The lowest BCUT2D eigenvalue weighted by Gasteiger charge is -2.23. The van der Waals surface area contributed by atoms with E-state index in [1.807, 2.05) is 0 Å². The molecule has 0 amide bonds. The molecule has 0 aliphatic carbocycles. The van der Waals surface area contributed by atoms with Gasteiger partial charge in [0.2, 0.25) is 0 Å². The maximum absolute atomic E-state index is 12.8. The molecule has 0 bridgehead atoms. The lowest BCUT2D eigenvalue weighted by Crippen LogP contribution is -2.38. The Hall–Kier alpha value is -1.34. The van der Waals surface area contributed by atoms with Gasteiger partial charge >= 0.3 is 6.18 Å². The molecule has 112 valence electrons. The van der Waals surface area contributed by atoms with E-state index < -0.39 is 17.4 Å². The van der Waals surface area contributed by atoms with Crippen LogP contribution >= 0.6 is 0 Å². The fraction of sp³-hybridized carbons (Fsp3) is 0.615. The fourth-order valence-electron chi connectivity index (χ4n) is 2.28. The summed E-state index contributed by atoms with van der Waals surface area (Å²) >= 11 is 0. The van der Waals surface area contributed by atoms with E-state index in [1.54, 1.807) is 0 Å². The molecule has 7 heteroatoms. The maximum atomic E-state index is 12.8. The number of aromatic nitrogens is 1. The predicted molar refractivity (Wildman–Crippen MR) is 67.5 cm³/mol. The highest BCUT2D eigenvalue weighted by atomic mass is 19.4. The first kappa shape index (κ1) is 15.1. The summed E-state index contributed by atoms with van der Waals surface area (Å²) < 4.78 is 44.4. The van der Waals surface area contributed by atoms with E-state index in [9.17, 15) is 18.0 Å². The maximum Gasteiger partial charge on any atom is 0.431 e. The van der Waals surface area contributed by atoms with Gasteiger partial charge in [-0.3, -0.25) is 4.79 Å². The van der Waals surface area contributed by atoms with Crippen LogP contribution in [0.4, 0.5) is 13.2 Å². The summed E-state index contributed by atoms with van der Waals surface area (Å²) in [5, 5.41) is 3.17. The average Bonchev–Trinajstić information content (AvgIpc) is 2.40. The Morgan fingerprint density at radius 2 is 2.00 bits per heavy atom. The van der Waals surface area contributed by atoms with Gasteiger partial charge in [0.25, 0.3) is 5.56 Å². The number of hydrogen-bond donors (Lipinski definition) is 1. The van der Waals surface area contributed by atoms with Gasteiger partial charge in [-0.1, -0.05) is 6.07 Å². The van der Waals surface area contributed by atoms with Crippen LogP contribution in [-0.4, -0.2) is 30.4 Å². The topological polar surface area (TPSA) is 43.3 Å². The minimum atomic E-state index is -4.51. The van der Waals surface area contributed by atoms with Gasteiger partial charge in [-0.05, 0) is 18.9 Å². The molecule has 0 aromatic carbocycles. The van der Waals surface area contributed by atoms with Crippen LogP contribution in [0, 0.1) is 0 Å². The second kappa shape index (κ2) is 6.41. The van der Waals surface area contributed by atoms with Crippen molar-refractivity contribution in [3.05, 3.63) is 34.2 Å². The summed E-state index contributed by atoms with van der Waals surface area (Å²) in [4.78, 5) is 11.6. The first-order valence-corrected chi connectivity index (χ1v) is 6.56. The Morgan fingerprint density at radius 1 is 1.30 bits per heavy atom. The first-order chi connectivity index (χ1) is 9.48. The molecule has 20 heavy (non-hydrogen) atoms. The third-order valence-electron chi connectivity index (χ3n) is 3.33. The molecule has 4 nitrogen and oxygen atoms in total. The molecule has 1 fully saturated rings. The van der Waals surface area contributed by atoms with Gasteiger partial charge in [0.15, 0.2) is 0 Å². The third kappa shape index (κ3) is 3.83.